The van der Waals surface area contributed by atoms with Gasteiger partial charge in [0.1, 0.15) is 11.6 Å². The number of likely N-dealkylation sites (tertiary alicyclic amines) is 2. The minimum absolute atomic E-state index is 0.172. The summed E-state index contributed by atoms with van der Waals surface area (Å²) in [7, 11) is 0. The van der Waals surface area contributed by atoms with Crippen LogP contribution in [0.1, 0.15) is 42.9 Å². The highest BCUT2D eigenvalue weighted by atomic mass is 19.1. The topological polar surface area (TPSA) is 72.5 Å². The zero-order chi connectivity index (χ0) is 22.5. The third kappa shape index (κ3) is 5.81. The van der Waals surface area contributed by atoms with Crippen molar-refractivity contribution in [2.45, 2.75) is 37.7 Å². The van der Waals surface area contributed by atoms with Crippen molar-refractivity contribution >= 4 is 12.0 Å². The molecule has 0 spiro atoms. The van der Waals surface area contributed by atoms with Gasteiger partial charge in [-0.25, -0.2) is 8.78 Å². The lowest BCUT2D eigenvalue weighted by molar-refractivity contribution is -0.128. The van der Waals surface area contributed by atoms with Crippen molar-refractivity contribution in [3.05, 3.63) is 59.4 Å². The van der Waals surface area contributed by atoms with E-state index < -0.39 is 17.7 Å². The molecule has 0 bridgehead atoms. The lowest BCUT2D eigenvalue weighted by atomic mass is 9.89. The summed E-state index contributed by atoms with van der Waals surface area (Å²) < 4.78 is 26.6. The molecule has 1 aromatic heterocycles. The molecule has 8 heteroatoms. The van der Waals surface area contributed by atoms with Gasteiger partial charge < -0.3 is 14.9 Å². The van der Waals surface area contributed by atoms with Crippen LogP contribution < -0.4 is 0 Å². The molecule has 4 rings (SSSR count). The molecule has 2 N–H and O–H groups in total. The van der Waals surface area contributed by atoms with E-state index >= 15 is 0 Å². The van der Waals surface area contributed by atoms with Crippen LogP contribution in [0.5, 0.6) is 0 Å². The second-order valence-corrected chi connectivity index (χ2v) is 8.85. The highest BCUT2D eigenvalue weighted by molar-refractivity contribution is 5.91. The van der Waals surface area contributed by atoms with Crippen molar-refractivity contribution < 1.29 is 18.7 Å². The van der Waals surface area contributed by atoms with Crippen molar-refractivity contribution in [3.63, 3.8) is 0 Å². The number of aromatic amines is 1. The molecule has 2 aromatic rings. The van der Waals surface area contributed by atoms with Crippen LogP contribution >= 0.6 is 0 Å². The van der Waals surface area contributed by atoms with Gasteiger partial charge in [0.25, 0.3) is 0 Å². The monoisotopic (exact) mass is 444 g/mol. The lowest BCUT2D eigenvalue weighted by Crippen LogP contribution is -2.45. The molecule has 0 saturated carbocycles. The molecule has 1 atom stereocenters. The number of carbonyl (C=O) groups is 1. The minimum Gasteiger partial charge on any atom is -0.392 e. The molecule has 0 aliphatic carbocycles. The molecule has 0 radical (unpaired) electrons. The van der Waals surface area contributed by atoms with Crippen molar-refractivity contribution in [2.75, 3.05) is 32.7 Å². The Hall–Kier alpha value is -2.58. The number of amides is 1. The minimum atomic E-state index is -0.669. The molecular weight excluding hydrogens is 414 g/mol. The Labute approximate surface area is 186 Å². The Morgan fingerprint density at radius 3 is 2.44 bits per heavy atom. The van der Waals surface area contributed by atoms with Crippen molar-refractivity contribution in [3.8, 4) is 0 Å². The first kappa shape index (κ1) is 22.6. The summed E-state index contributed by atoms with van der Waals surface area (Å²) in [5, 5.41) is 17.9. The summed E-state index contributed by atoms with van der Waals surface area (Å²) in [6.45, 7) is 3.74. The lowest BCUT2D eigenvalue weighted by Gasteiger charge is -2.37. The van der Waals surface area contributed by atoms with Crippen LogP contribution in [0.2, 0.25) is 0 Å². The van der Waals surface area contributed by atoms with E-state index in [0.29, 0.717) is 31.1 Å². The Morgan fingerprint density at radius 2 is 1.81 bits per heavy atom. The van der Waals surface area contributed by atoms with Crippen molar-refractivity contribution in [1.82, 2.24) is 20.0 Å². The van der Waals surface area contributed by atoms with Crippen LogP contribution in [-0.2, 0) is 4.79 Å². The molecule has 2 aliphatic heterocycles. The Bertz CT molecular complexity index is 898. The van der Waals surface area contributed by atoms with E-state index in [1.807, 2.05) is 6.07 Å². The number of benzene rings is 1. The number of halogens is 2. The summed E-state index contributed by atoms with van der Waals surface area (Å²) >= 11 is 0. The molecule has 1 unspecified atom stereocenters. The molecule has 172 valence electrons. The third-order valence-electron chi connectivity index (χ3n) is 6.69. The van der Waals surface area contributed by atoms with Gasteiger partial charge in [-0.2, -0.15) is 5.10 Å². The Kier molecular flexibility index (Phi) is 7.32. The third-order valence-corrected chi connectivity index (χ3v) is 6.69. The van der Waals surface area contributed by atoms with Crippen LogP contribution in [0.3, 0.4) is 0 Å². The van der Waals surface area contributed by atoms with Gasteiger partial charge in [0.2, 0.25) is 5.91 Å². The fraction of sp³-hybridized carbons (Fsp3) is 0.500. The van der Waals surface area contributed by atoms with Crippen molar-refractivity contribution in [2.24, 2.45) is 5.92 Å². The van der Waals surface area contributed by atoms with Crippen LogP contribution in [0.4, 0.5) is 8.78 Å². The second kappa shape index (κ2) is 10.4. The SMILES string of the molecule is O=C(C=Cc1cc(F)cc(F)c1)N1CCC(C(O)CN2CCC(c3ccn[nH]3)CC2)CC1. The zero-order valence-electron chi connectivity index (χ0n) is 18.1. The number of rotatable bonds is 6. The average Bonchev–Trinajstić information content (AvgIpc) is 3.32. The zero-order valence-corrected chi connectivity index (χ0v) is 18.1. The quantitative estimate of drug-likeness (QED) is 0.672. The molecule has 1 aromatic carbocycles. The van der Waals surface area contributed by atoms with E-state index in [-0.39, 0.29) is 11.8 Å². The van der Waals surface area contributed by atoms with E-state index in [0.717, 1.165) is 44.8 Å². The van der Waals surface area contributed by atoms with Gasteiger partial charge in [-0.05, 0) is 74.5 Å². The summed E-state index contributed by atoms with van der Waals surface area (Å²) in [4.78, 5) is 16.5. The number of aromatic nitrogens is 2. The molecule has 32 heavy (non-hydrogen) atoms. The van der Waals surface area contributed by atoms with Gasteiger partial charge in [0.05, 0.1) is 6.10 Å². The van der Waals surface area contributed by atoms with Gasteiger partial charge in [0, 0.05) is 49.6 Å². The predicted octanol–water partition coefficient (Wildman–Crippen LogP) is 3.18. The fourth-order valence-corrected chi connectivity index (χ4v) is 4.78. The molecule has 2 saturated heterocycles. The normalized spacial score (nSPS) is 20.2. The molecule has 3 heterocycles. The fourth-order valence-electron chi connectivity index (χ4n) is 4.78. The number of H-pyrrole nitrogens is 1. The van der Waals surface area contributed by atoms with Gasteiger partial charge in [0.15, 0.2) is 0 Å². The summed E-state index contributed by atoms with van der Waals surface area (Å²) in [6, 6.07) is 5.22. The number of nitrogens with one attached hydrogen (secondary N) is 1. The number of hydrogen-bond donors (Lipinski definition) is 2. The Balaban J connectivity index is 1.20. The van der Waals surface area contributed by atoms with E-state index in [4.69, 9.17) is 0 Å². The number of nitrogens with zero attached hydrogens (tertiary/aromatic N) is 3. The second-order valence-electron chi connectivity index (χ2n) is 8.85. The van der Waals surface area contributed by atoms with Crippen LogP contribution in [-0.4, -0.2) is 69.8 Å². The van der Waals surface area contributed by atoms with E-state index in [1.54, 1.807) is 11.1 Å². The Morgan fingerprint density at radius 1 is 1.12 bits per heavy atom. The summed E-state index contributed by atoms with van der Waals surface area (Å²) in [5.41, 5.74) is 1.51. The van der Waals surface area contributed by atoms with Gasteiger partial charge >= 0.3 is 0 Å². The van der Waals surface area contributed by atoms with Gasteiger partial charge in [-0.3, -0.25) is 9.89 Å². The average molecular weight is 445 g/mol. The number of hydrogen-bond acceptors (Lipinski definition) is 4. The first-order valence-corrected chi connectivity index (χ1v) is 11.3. The summed E-state index contributed by atoms with van der Waals surface area (Å²) in [6.07, 6.45) is 7.80. The number of aliphatic hydroxyl groups is 1. The van der Waals surface area contributed by atoms with E-state index in [1.165, 1.54) is 30.0 Å². The number of piperidine rings is 2. The van der Waals surface area contributed by atoms with E-state index in [2.05, 4.69) is 15.1 Å². The standard InChI is InChI=1S/C24H30F2N4O2/c25-20-13-17(14-21(26)15-20)1-2-24(32)30-11-6-19(7-12-30)23(31)16-29-9-4-18(5-10-29)22-3-8-27-28-22/h1-3,8,13-15,18-19,23,31H,4-7,9-12,16H2,(H,27,28). The largest absolute Gasteiger partial charge is 0.392 e. The highest BCUT2D eigenvalue weighted by Crippen LogP contribution is 2.28. The highest BCUT2D eigenvalue weighted by Gasteiger charge is 2.29. The van der Waals surface area contributed by atoms with Gasteiger partial charge in [-0.1, -0.05) is 0 Å². The maximum atomic E-state index is 13.3. The molecule has 2 aliphatic rings. The van der Waals surface area contributed by atoms with Gasteiger partial charge in [-0.15, -0.1) is 0 Å². The molecule has 6 nitrogen and oxygen atoms in total. The maximum absolute atomic E-state index is 13.3. The predicted molar refractivity (Wildman–Crippen MR) is 118 cm³/mol. The molecular formula is C24H30F2N4O2. The smallest absolute Gasteiger partial charge is 0.246 e. The molecule has 2 fully saturated rings. The maximum Gasteiger partial charge on any atom is 0.246 e. The van der Waals surface area contributed by atoms with Crippen molar-refractivity contribution in [1.29, 1.82) is 0 Å². The van der Waals surface area contributed by atoms with E-state index in [9.17, 15) is 18.7 Å². The number of carbonyl (C=O) groups excluding carboxylic acids is 1. The first-order valence-electron chi connectivity index (χ1n) is 11.3. The summed E-state index contributed by atoms with van der Waals surface area (Å²) in [5.74, 6) is -0.832. The van der Waals surface area contributed by atoms with Crippen LogP contribution in [0.15, 0.2) is 36.5 Å². The van der Waals surface area contributed by atoms with Crippen LogP contribution in [0.25, 0.3) is 6.08 Å². The number of aliphatic hydroxyl groups excluding tert-OH is 1. The number of β-amino-alcohol motifs (C(OH)–C–C–N with tert-alkyl or cyclic N) is 1. The van der Waals surface area contributed by atoms with Crippen LogP contribution in [0, 0.1) is 17.6 Å². The molecule has 1 amide bonds. The first-order chi connectivity index (χ1) is 15.5.